The molecular formula is C25H31N7O. The lowest BCUT2D eigenvalue weighted by atomic mass is 10.1. The molecule has 1 saturated heterocycles. The summed E-state index contributed by atoms with van der Waals surface area (Å²) in [7, 11) is 3.85. The lowest BCUT2D eigenvalue weighted by Gasteiger charge is -2.34. The third kappa shape index (κ3) is 5.40. The molecule has 1 aromatic heterocycles. The molecule has 0 unspecified atom stereocenters. The number of urea groups is 1. The van der Waals surface area contributed by atoms with Crippen molar-refractivity contribution >= 4 is 34.7 Å². The van der Waals surface area contributed by atoms with Crippen LogP contribution in [0.3, 0.4) is 0 Å². The van der Waals surface area contributed by atoms with Gasteiger partial charge in [-0.15, -0.1) is 0 Å². The maximum absolute atomic E-state index is 12.8. The minimum Gasteiger partial charge on any atom is -0.369 e. The molecule has 2 heterocycles. The largest absolute Gasteiger partial charge is 0.369 e. The lowest BCUT2D eigenvalue weighted by Crippen LogP contribution is -2.44. The van der Waals surface area contributed by atoms with Crippen LogP contribution in [0.15, 0.2) is 54.9 Å². The molecule has 3 aromatic rings. The second-order valence-corrected chi connectivity index (χ2v) is 8.48. The summed E-state index contributed by atoms with van der Waals surface area (Å²) in [6.07, 6.45) is 1.46. The second-order valence-electron chi connectivity index (χ2n) is 8.48. The highest BCUT2D eigenvalue weighted by molar-refractivity contribution is 6.01. The molecule has 0 bridgehead atoms. The molecule has 2 aromatic carbocycles. The summed E-state index contributed by atoms with van der Waals surface area (Å²) < 4.78 is 0. The molecule has 0 atom stereocenters. The van der Waals surface area contributed by atoms with E-state index in [1.165, 1.54) is 16.9 Å². The van der Waals surface area contributed by atoms with Gasteiger partial charge in [-0.3, -0.25) is 4.90 Å². The highest BCUT2D eigenvalue weighted by Gasteiger charge is 2.16. The van der Waals surface area contributed by atoms with Crippen molar-refractivity contribution in [1.29, 1.82) is 0 Å². The van der Waals surface area contributed by atoms with E-state index in [9.17, 15) is 4.79 Å². The number of anilines is 5. The molecule has 172 valence electrons. The van der Waals surface area contributed by atoms with Crippen LogP contribution in [0.5, 0.6) is 0 Å². The second kappa shape index (κ2) is 9.87. The van der Waals surface area contributed by atoms with Gasteiger partial charge in [0.15, 0.2) is 0 Å². The Kier molecular flexibility index (Phi) is 6.74. The van der Waals surface area contributed by atoms with Gasteiger partial charge >= 0.3 is 6.03 Å². The molecule has 0 spiro atoms. The highest BCUT2D eigenvalue weighted by atomic mass is 16.2. The molecule has 0 radical (unpaired) electrons. The van der Waals surface area contributed by atoms with E-state index < -0.39 is 0 Å². The summed E-state index contributed by atoms with van der Waals surface area (Å²) in [5.74, 6) is 1.13. The summed E-state index contributed by atoms with van der Waals surface area (Å²) in [4.78, 5) is 27.6. The average molecular weight is 446 g/mol. The smallest absolute Gasteiger partial charge is 0.327 e. The molecule has 4 rings (SSSR count). The molecular weight excluding hydrogens is 414 g/mol. The summed E-state index contributed by atoms with van der Waals surface area (Å²) in [5, 5.41) is 6.29. The van der Waals surface area contributed by atoms with E-state index in [4.69, 9.17) is 0 Å². The standard InChI is InChI=1S/C25H31N7O/c1-18-6-5-7-19(2)24(18)29-25(33)31(4)23-16-22(26-17-27-23)28-20-8-10-21(11-9-20)32-14-12-30(3)13-15-32/h5-11,16-17H,12-15H2,1-4H3,(H,29,33)(H,26,27,28). The highest BCUT2D eigenvalue weighted by Crippen LogP contribution is 2.24. The Morgan fingerprint density at radius 2 is 1.64 bits per heavy atom. The van der Waals surface area contributed by atoms with Crippen molar-refractivity contribution < 1.29 is 4.79 Å². The average Bonchev–Trinajstić information content (AvgIpc) is 2.82. The Balaban J connectivity index is 1.41. The van der Waals surface area contributed by atoms with E-state index in [0.717, 1.165) is 48.7 Å². The van der Waals surface area contributed by atoms with Gasteiger partial charge in [0.2, 0.25) is 0 Å². The number of aromatic nitrogens is 2. The molecule has 1 aliphatic rings. The van der Waals surface area contributed by atoms with Gasteiger partial charge in [-0.2, -0.15) is 0 Å². The van der Waals surface area contributed by atoms with Crippen molar-refractivity contribution in [2.24, 2.45) is 0 Å². The monoisotopic (exact) mass is 445 g/mol. The van der Waals surface area contributed by atoms with E-state index in [2.05, 4.69) is 49.6 Å². The first-order valence-electron chi connectivity index (χ1n) is 11.1. The number of nitrogens with zero attached hydrogens (tertiary/aromatic N) is 5. The third-order valence-corrected chi connectivity index (χ3v) is 6.02. The van der Waals surface area contributed by atoms with Crippen LogP contribution in [0, 0.1) is 13.8 Å². The van der Waals surface area contributed by atoms with Crippen molar-refractivity contribution in [1.82, 2.24) is 14.9 Å². The van der Waals surface area contributed by atoms with Crippen LogP contribution in [0.1, 0.15) is 11.1 Å². The van der Waals surface area contributed by atoms with Crippen molar-refractivity contribution in [3.63, 3.8) is 0 Å². The van der Waals surface area contributed by atoms with Crippen LogP contribution in [0.2, 0.25) is 0 Å². The Bertz CT molecular complexity index is 1090. The van der Waals surface area contributed by atoms with Gasteiger partial charge in [0.1, 0.15) is 18.0 Å². The third-order valence-electron chi connectivity index (χ3n) is 6.02. The number of aryl methyl sites for hydroxylation is 2. The van der Waals surface area contributed by atoms with E-state index in [1.807, 2.05) is 44.2 Å². The molecule has 8 heteroatoms. The molecule has 33 heavy (non-hydrogen) atoms. The molecule has 1 aliphatic heterocycles. The van der Waals surface area contributed by atoms with Gasteiger partial charge in [-0.1, -0.05) is 18.2 Å². The number of benzene rings is 2. The Hall–Kier alpha value is -3.65. The lowest BCUT2D eigenvalue weighted by molar-refractivity contribution is 0.258. The SMILES string of the molecule is Cc1cccc(C)c1NC(=O)N(C)c1cc(Nc2ccc(N3CCN(C)CC3)cc2)ncn1. The number of rotatable bonds is 5. The maximum atomic E-state index is 12.8. The quantitative estimate of drug-likeness (QED) is 0.611. The van der Waals surface area contributed by atoms with Crippen molar-refractivity contribution in [2.45, 2.75) is 13.8 Å². The summed E-state index contributed by atoms with van der Waals surface area (Å²) in [6.45, 7) is 8.18. The van der Waals surface area contributed by atoms with Crippen LogP contribution >= 0.6 is 0 Å². The zero-order chi connectivity index (χ0) is 23.4. The number of hydrogen-bond donors (Lipinski definition) is 2. The number of nitrogens with one attached hydrogen (secondary N) is 2. The van der Waals surface area contributed by atoms with Crippen molar-refractivity contribution in [3.8, 4) is 0 Å². The van der Waals surface area contributed by atoms with Crippen LogP contribution in [0.4, 0.5) is 33.5 Å². The van der Waals surface area contributed by atoms with Crippen LogP contribution < -0.4 is 20.4 Å². The van der Waals surface area contributed by atoms with E-state index >= 15 is 0 Å². The molecule has 8 nitrogen and oxygen atoms in total. The Labute approximate surface area is 195 Å². The molecule has 0 aliphatic carbocycles. The number of likely N-dealkylation sites (N-methyl/N-ethyl adjacent to an activating group) is 1. The molecule has 2 amide bonds. The first kappa shape index (κ1) is 22.5. The fourth-order valence-corrected chi connectivity index (χ4v) is 3.87. The van der Waals surface area contributed by atoms with E-state index in [0.29, 0.717) is 11.6 Å². The van der Waals surface area contributed by atoms with Gasteiger partial charge in [0.25, 0.3) is 0 Å². The number of carbonyl (C=O) groups excluding carboxylic acids is 1. The van der Waals surface area contributed by atoms with Gasteiger partial charge in [0, 0.05) is 56.4 Å². The maximum Gasteiger partial charge on any atom is 0.327 e. The van der Waals surface area contributed by atoms with Crippen molar-refractivity contribution in [3.05, 3.63) is 66.0 Å². The molecule has 2 N–H and O–H groups in total. The predicted octanol–water partition coefficient (Wildman–Crippen LogP) is 4.26. The van der Waals surface area contributed by atoms with Crippen LogP contribution in [-0.2, 0) is 0 Å². The number of carbonyl (C=O) groups is 1. The van der Waals surface area contributed by atoms with Crippen molar-refractivity contribution in [2.75, 3.05) is 60.7 Å². The fraction of sp³-hybridized carbons (Fsp3) is 0.320. The topological polar surface area (TPSA) is 76.6 Å². The summed E-state index contributed by atoms with van der Waals surface area (Å²) in [5.41, 5.74) is 5.01. The summed E-state index contributed by atoms with van der Waals surface area (Å²) >= 11 is 0. The summed E-state index contributed by atoms with van der Waals surface area (Å²) in [6, 6.07) is 15.8. The minimum atomic E-state index is -0.256. The first-order chi connectivity index (χ1) is 15.9. The predicted molar refractivity (Wildman–Crippen MR) is 135 cm³/mol. The zero-order valence-corrected chi connectivity index (χ0v) is 19.7. The molecule has 0 saturated carbocycles. The Morgan fingerprint density at radius 3 is 2.30 bits per heavy atom. The minimum absolute atomic E-state index is 0.256. The van der Waals surface area contributed by atoms with E-state index in [-0.39, 0.29) is 6.03 Å². The van der Waals surface area contributed by atoms with Gasteiger partial charge in [-0.05, 0) is 56.3 Å². The van der Waals surface area contributed by atoms with Gasteiger partial charge in [0.05, 0.1) is 0 Å². The number of piperazine rings is 1. The number of amides is 2. The fourth-order valence-electron chi connectivity index (χ4n) is 3.87. The van der Waals surface area contributed by atoms with Crippen LogP contribution in [0.25, 0.3) is 0 Å². The molecule has 1 fully saturated rings. The van der Waals surface area contributed by atoms with Gasteiger partial charge in [-0.25, -0.2) is 14.8 Å². The first-order valence-corrected chi connectivity index (χ1v) is 11.1. The normalized spacial score (nSPS) is 14.1. The number of para-hydroxylation sites is 1. The number of hydrogen-bond acceptors (Lipinski definition) is 6. The van der Waals surface area contributed by atoms with Gasteiger partial charge < -0.3 is 20.4 Å². The zero-order valence-electron chi connectivity index (χ0n) is 19.7. The Morgan fingerprint density at radius 1 is 0.970 bits per heavy atom. The van der Waals surface area contributed by atoms with Crippen LogP contribution in [-0.4, -0.2) is 61.2 Å². The van der Waals surface area contributed by atoms with E-state index in [1.54, 1.807) is 13.1 Å².